The molecule has 5 rings (SSSR count). The van der Waals surface area contributed by atoms with Gasteiger partial charge < -0.3 is 20.1 Å². The molecule has 0 unspecified atom stereocenters. The summed E-state index contributed by atoms with van der Waals surface area (Å²) in [5.41, 5.74) is 2.85. The number of carbonyl (C=O) groups excluding carboxylic acids is 2. The molecule has 1 aliphatic rings. The lowest BCUT2D eigenvalue weighted by Gasteiger charge is -2.22. The maximum atomic E-state index is 12.3. The van der Waals surface area contributed by atoms with E-state index in [1.54, 1.807) is 73.3 Å². The van der Waals surface area contributed by atoms with Crippen LogP contribution in [0.15, 0.2) is 85.5 Å². The Kier molecular flexibility index (Phi) is 5.85. The van der Waals surface area contributed by atoms with Crippen molar-refractivity contribution >= 4 is 23.2 Å². The molecular weight excluding hydrogens is 432 g/mol. The Bertz CT molecular complexity index is 1240. The highest BCUT2D eigenvalue weighted by molar-refractivity contribution is 5.93. The lowest BCUT2D eigenvalue weighted by molar-refractivity contribution is -0.116. The zero-order valence-corrected chi connectivity index (χ0v) is 18.0. The topological polar surface area (TPSA) is 102 Å². The van der Waals surface area contributed by atoms with Gasteiger partial charge in [-0.15, -0.1) is 0 Å². The molecule has 0 aliphatic carbocycles. The monoisotopic (exact) mass is 452 g/mol. The minimum absolute atomic E-state index is 0.156. The first-order valence-electron chi connectivity index (χ1n) is 10.6. The van der Waals surface area contributed by atoms with Crippen LogP contribution in [0.2, 0.25) is 0 Å². The second kappa shape index (κ2) is 9.41. The number of amides is 2. The Labute approximate surface area is 195 Å². The molecule has 0 fully saturated rings. The Morgan fingerprint density at radius 2 is 1.12 bits per heavy atom. The van der Waals surface area contributed by atoms with Gasteiger partial charge in [-0.3, -0.25) is 19.6 Å². The smallest absolute Gasteiger partial charge is 0.228 e. The summed E-state index contributed by atoms with van der Waals surface area (Å²) in [5, 5.41) is 5.72. The van der Waals surface area contributed by atoms with Crippen molar-refractivity contribution in [2.45, 2.75) is 12.8 Å². The summed E-state index contributed by atoms with van der Waals surface area (Å²) in [6.07, 6.45) is 7.10. The molecule has 168 valence electrons. The fourth-order valence-corrected chi connectivity index (χ4v) is 3.52. The third kappa shape index (κ3) is 5.02. The number of aromatic nitrogens is 2. The molecule has 34 heavy (non-hydrogen) atoms. The summed E-state index contributed by atoms with van der Waals surface area (Å²) in [4.78, 5) is 32.7. The van der Waals surface area contributed by atoms with Gasteiger partial charge in [0, 0.05) is 48.3 Å². The van der Waals surface area contributed by atoms with Crippen molar-refractivity contribution in [1.29, 1.82) is 0 Å². The van der Waals surface area contributed by atoms with Gasteiger partial charge in [0.1, 0.15) is 0 Å². The van der Waals surface area contributed by atoms with E-state index in [0.717, 1.165) is 11.1 Å². The van der Waals surface area contributed by atoms with Crippen molar-refractivity contribution < 1.29 is 19.1 Å². The highest BCUT2D eigenvalue weighted by atomic mass is 16.6. The molecular formula is C26H20N4O4. The van der Waals surface area contributed by atoms with Crippen molar-refractivity contribution in [2.24, 2.45) is 0 Å². The molecule has 2 aromatic carbocycles. The van der Waals surface area contributed by atoms with Gasteiger partial charge in [-0.05, 0) is 47.5 Å². The van der Waals surface area contributed by atoms with Crippen molar-refractivity contribution in [2.75, 3.05) is 10.6 Å². The van der Waals surface area contributed by atoms with Gasteiger partial charge in [-0.2, -0.15) is 0 Å². The van der Waals surface area contributed by atoms with Crippen LogP contribution in [0.1, 0.15) is 11.1 Å². The fourth-order valence-electron chi connectivity index (χ4n) is 3.52. The zero-order chi connectivity index (χ0) is 23.3. The van der Waals surface area contributed by atoms with E-state index in [-0.39, 0.29) is 24.7 Å². The van der Waals surface area contributed by atoms with Gasteiger partial charge in [-0.1, -0.05) is 12.1 Å². The number of ether oxygens (including phenoxy) is 2. The Balaban J connectivity index is 1.23. The van der Waals surface area contributed by atoms with Gasteiger partial charge >= 0.3 is 0 Å². The van der Waals surface area contributed by atoms with Crippen LogP contribution in [0.3, 0.4) is 0 Å². The van der Waals surface area contributed by atoms with E-state index in [1.165, 1.54) is 0 Å². The largest absolute Gasteiger partial charge is 0.449 e. The first-order valence-corrected chi connectivity index (χ1v) is 10.6. The normalized spacial score (nSPS) is 11.3. The average molecular weight is 452 g/mol. The fraction of sp³-hybridized carbons (Fsp3) is 0.0769. The third-order valence-corrected chi connectivity index (χ3v) is 5.07. The molecule has 2 N–H and O–H groups in total. The van der Waals surface area contributed by atoms with Crippen LogP contribution in [-0.2, 0) is 22.4 Å². The van der Waals surface area contributed by atoms with E-state index in [0.29, 0.717) is 34.4 Å². The summed E-state index contributed by atoms with van der Waals surface area (Å²) in [6, 6.07) is 17.7. The van der Waals surface area contributed by atoms with E-state index in [2.05, 4.69) is 20.6 Å². The van der Waals surface area contributed by atoms with Crippen molar-refractivity contribution in [3.63, 3.8) is 0 Å². The molecule has 8 heteroatoms. The molecule has 3 heterocycles. The number of anilines is 2. The van der Waals surface area contributed by atoms with E-state index in [4.69, 9.17) is 9.47 Å². The number of nitrogens with zero attached hydrogens (tertiary/aromatic N) is 2. The number of pyridine rings is 2. The van der Waals surface area contributed by atoms with Crippen LogP contribution in [0.5, 0.6) is 23.0 Å². The maximum Gasteiger partial charge on any atom is 0.228 e. The second-order valence-electron chi connectivity index (χ2n) is 7.70. The summed E-state index contributed by atoms with van der Waals surface area (Å²) >= 11 is 0. The highest BCUT2D eigenvalue weighted by Crippen LogP contribution is 2.47. The molecule has 2 aromatic heterocycles. The molecule has 4 aromatic rings. The summed E-state index contributed by atoms with van der Waals surface area (Å²) < 4.78 is 11.9. The molecule has 0 radical (unpaired) electrons. The third-order valence-electron chi connectivity index (χ3n) is 5.07. The van der Waals surface area contributed by atoms with Crippen LogP contribution in [0.25, 0.3) is 0 Å². The van der Waals surface area contributed by atoms with Crippen LogP contribution in [0.4, 0.5) is 11.4 Å². The lowest BCUT2D eigenvalue weighted by Crippen LogP contribution is -2.15. The number of fused-ring (bicyclic) bond motifs is 2. The van der Waals surface area contributed by atoms with E-state index in [9.17, 15) is 9.59 Å². The molecule has 0 spiro atoms. The van der Waals surface area contributed by atoms with Gasteiger partial charge in [0.2, 0.25) is 11.8 Å². The molecule has 0 saturated carbocycles. The number of hydrogen-bond acceptors (Lipinski definition) is 6. The minimum atomic E-state index is -0.156. The van der Waals surface area contributed by atoms with Gasteiger partial charge in [0.05, 0.1) is 12.8 Å². The Hall–Kier alpha value is -4.72. The van der Waals surface area contributed by atoms with Gasteiger partial charge in [0.25, 0.3) is 0 Å². The lowest BCUT2D eigenvalue weighted by atomic mass is 10.2. The maximum absolute atomic E-state index is 12.3. The second-order valence-corrected chi connectivity index (χ2v) is 7.70. The zero-order valence-electron chi connectivity index (χ0n) is 18.0. The first kappa shape index (κ1) is 21.1. The number of rotatable bonds is 6. The molecule has 0 atom stereocenters. The molecule has 1 aliphatic heterocycles. The van der Waals surface area contributed by atoms with Crippen LogP contribution in [-0.4, -0.2) is 21.8 Å². The minimum Gasteiger partial charge on any atom is -0.449 e. The standard InChI is InChI=1S/C26H20N4O4/c31-25(11-17-3-1-9-27-15-17)29-19-5-7-21-23(13-19)33-22-8-6-20(14-24(22)34-21)30-26(32)12-18-4-2-10-28-16-18/h1-10,13-16H,11-12H2,(H,29,31)(H,30,32). The summed E-state index contributed by atoms with van der Waals surface area (Å²) in [6.45, 7) is 0. The van der Waals surface area contributed by atoms with E-state index >= 15 is 0 Å². The number of hydrogen-bond donors (Lipinski definition) is 2. The van der Waals surface area contributed by atoms with Gasteiger partial charge in [-0.25, -0.2) is 0 Å². The van der Waals surface area contributed by atoms with Crippen molar-refractivity contribution in [1.82, 2.24) is 9.97 Å². The SMILES string of the molecule is O=C(Cc1cccnc1)Nc1ccc2c(c1)Oc1ccc(NC(=O)Cc3cccnc3)cc1O2. The summed E-state index contributed by atoms with van der Waals surface area (Å²) in [5.74, 6) is 1.68. The molecule has 0 bridgehead atoms. The molecule has 8 nitrogen and oxygen atoms in total. The van der Waals surface area contributed by atoms with E-state index in [1.807, 2.05) is 12.1 Å². The highest BCUT2D eigenvalue weighted by Gasteiger charge is 2.20. The van der Waals surface area contributed by atoms with Crippen LogP contribution >= 0.6 is 0 Å². The average Bonchev–Trinajstić information content (AvgIpc) is 2.84. The number of nitrogens with one attached hydrogen (secondary N) is 2. The quantitative estimate of drug-likeness (QED) is 0.386. The van der Waals surface area contributed by atoms with Crippen LogP contribution < -0.4 is 20.1 Å². The predicted octanol–water partition coefficient (Wildman–Crippen LogP) is 4.74. The Morgan fingerprint density at radius 1 is 0.647 bits per heavy atom. The van der Waals surface area contributed by atoms with Crippen molar-refractivity contribution in [3.05, 3.63) is 96.6 Å². The molecule has 0 saturated heterocycles. The number of benzene rings is 2. The Morgan fingerprint density at radius 3 is 1.53 bits per heavy atom. The van der Waals surface area contributed by atoms with Crippen LogP contribution in [0, 0.1) is 0 Å². The first-order chi connectivity index (χ1) is 16.6. The number of carbonyl (C=O) groups is 2. The summed E-state index contributed by atoms with van der Waals surface area (Å²) in [7, 11) is 0. The van der Waals surface area contributed by atoms with Gasteiger partial charge in [0.15, 0.2) is 23.0 Å². The molecule has 2 amide bonds. The van der Waals surface area contributed by atoms with E-state index < -0.39 is 0 Å². The van der Waals surface area contributed by atoms with Crippen molar-refractivity contribution in [3.8, 4) is 23.0 Å². The predicted molar refractivity (Wildman–Crippen MR) is 126 cm³/mol.